The van der Waals surface area contributed by atoms with Gasteiger partial charge in [-0.3, -0.25) is 0 Å². The summed E-state index contributed by atoms with van der Waals surface area (Å²) in [5, 5.41) is 3.62. The lowest BCUT2D eigenvalue weighted by Gasteiger charge is -2.20. The molecule has 2 nitrogen and oxygen atoms in total. The summed E-state index contributed by atoms with van der Waals surface area (Å²) in [5.74, 6) is 2.35. The molecule has 0 aliphatic rings. The van der Waals surface area contributed by atoms with Crippen LogP contribution in [0.2, 0.25) is 0 Å². The third kappa shape index (κ3) is 6.42. The summed E-state index contributed by atoms with van der Waals surface area (Å²) in [4.78, 5) is 0. The van der Waals surface area contributed by atoms with Gasteiger partial charge in [0.1, 0.15) is 5.75 Å². The zero-order chi connectivity index (χ0) is 15.0. The maximum Gasteiger partial charge on any atom is 0.119 e. The first kappa shape index (κ1) is 17.0. The van der Waals surface area contributed by atoms with Gasteiger partial charge in [0.15, 0.2) is 0 Å². The van der Waals surface area contributed by atoms with Crippen LogP contribution >= 0.6 is 0 Å². The van der Waals surface area contributed by atoms with E-state index in [2.05, 4.69) is 64.2 Å². The first-order chi connectivity index (χ1) is 9.52. The smallest absolute Gasteiger partial charge is 0.119 e. The van der Waals surface area contributed by atoms with Gasteiger partial charge < -0.3 is 10.1 Å². The van der Waals surface area contributed by atoms with Crippen molar-refractivity contribution in [3.05, 3.63) is 29.8 Å². The molecule has 0 amide bonds. The number of hydrogen-bond donors (Lipinski definition) is 1. The van der Waals surface area contributed by atoms with Crippen LogP contribution in [0.25, 0.3) is 0 Å². The average Bonchev–Trinajstić information content (AvgIpc) is 2.40. The number of benzene rings is 1. The van der Waals surface area contributed by atoms with Gasteiger partial charge in [-0.2, -0.15) is 0 Å². The molecule has 0 bridgehead atoms. The number of rotatable bonds is 9. The Morgan fingerprint density at radius 1 is 1.05 bits per heavy atom. The van der Waals surface area contributed by atoms with Crippen LogP contribution in [0.15, 0.2) is 24.3 Å². The van der Waals surface area contributed by atoms with Gasteiger partial charge in [0.2, 0.25) is 0 Å². The SMILES string of the molecule is CCC(NCc1ccc(OCCC(C)C)cc1)C(C)C. The van der Waals surface area contributed by atoms with Crippen LogP contribution in [-0.2, 0) is 6.54 Å². The minimum absolute atomic E-state index is 0.594. The predicted molar refractivity (Wildman–Crippen MR) is 87.1 cm³/mol. The summed E-state index contributed by atoms with van der Waals surface area (Å²) in [6.07, 6.45) is 2.28. The van der Waals surface area contributed by atoms with E-state index < -0.39 is 0 Å². The molecule has 0 aromatic heterocycles. The summed E-state index contributed by atoms with van der Waals surface area (Å²) in [7, 11) is 0. The molecule has 0 aliphatic carbocycles. The van der Waals surface area contributed by atoms with E-state index in [1.807, 2.05) is 0 Å². The second-order valence-electron chi connectivity index (χ2n) is 6.31. The average molecular weight is 277 g/mol. The summed E-state index contributed by atoms with van der Waals surface area (Å²) < 4.78 is 5.74. The summed E-state index contributed by atoms with van der Waals surface area (Å²) in [5.41, 5.74) is 1.32. The van der Waals surface area contributed by atoms with Gasteiger partial charge in [-0.25, -0.2) is 0 Å². The van der Waals surface area contributed by atoms with E-state index in [1.165, 1.54) is 12.0 Å². The second-order valence-corrected chi connectivity index (χ2v) is 6.31. The molecule has 0 radical (unpaired) electrons. The third-order valence-electron chi connectivity index (χ3n) is 3.70. The van der Waals surface area contributed by atoms with Crippen LogP contribution in [-0.4, -0.2) is 12.6 Å². The zero-order valence-corrected chi connectivity index (χ0v) is 13.8. The molecule has 20 heavy (non-hydrogen) atoms. The Balaban J connectivity index is 2.38. The Morgan fingerprint density at radius 2 is 1.70 bits per heavy atom. The number of ether oxygens (including phenoxy) is 1. The molecule has 1 aromatic rings. The minimum atomic E-state index is 0.594. The molecule has 0 heterocycles. The van der Waals surface area contributed by atoms with Crippen LogP contribution in [0.5, 0.6) is 5.75 Å². The van der Waals surface area contributed by atoms with Crippen LogP contribution in [0.3, 0.4) is 0 Å². The quantitative estimate of drug-likeness (QED) is 0.710. The predicted octanol–water partition coefficient (Wildman–Crippen LogP) is 4.64. The van der Waals surface area contributed by atoms with Crippen molar-refractivity contribution in [3.8, 4) is 5.75 Å². The lowest BCUT2D eigenvalue weighted by molar-refractivity contribution is 0.289. The normalized spacial score (nSPS) is 12.9. The van der Waals surface area contributed by atoms with Crippen LogP contribution in [0, 0.1) is 11.8 Å². The number of nitrogens with one attached hydrogen (secondary N) is 1. The Labute approximate surface area is 124 Å². The van der Waals surface area contributed by atoms with Crippen molar-refractivity contribution in [2.75, 3.05) is 6.61 Å². The van der Waals surface area contributed by atoms with Gasteiger partial charge in [0.25, 0.3) is 0 Å². The van der Waals surface area contributed by atoms with E-state index >= 15 is 0 Å². The van der Waals surface area contributed by atoms with Crippen LogP contribution in [0.4, 0.5) is 0 Å². The van der Waals surface area contributed by atoms with Crippen LogP contribution < -0.4 is 10.1 Å². The van der Waals surface area contributed by atoms with E-state index in [1.54, 1.807) is 0 Å². The maximum absolute atomic E-state index is 5.74. The summed E-state index contributed by atoms with van der Waals surface area (Å²) >= 11 is 0. The van der Waals surface area contributed by atoms with Gasteiger partial charge in [0.05, 0.1) is 6.61 Å². The Kier molecular flexibility index (Phi) is 7.68. The fourth-order valence-corrected chi connectivity index (χ4v) is 2.22. The van der Waals surface area contributed by atoms with Crippen molar-refractivity contribution in [3.63, 3.8) is 0 Å². The molecular weight excluding hydrogens is 246 g/mol. The third-order valence-corrected chi connectivity index (χ3v) is 3.70. The van der Waals surface area contributed by atoms with Crippen molar-refractivity contribution in [1.82, 2.24) is 5.32 Å². The monoisotopic (exact) mass is 277 g/mol. The highest BCUT2D eigenvalue weighted by Crippen LogP contribution is 2.14. The van der Waals surface area contributed by atoms with Gasteiger partial charge in [-0.1, -0.05) is 46.8 Å². The van der Waals surface area contributed by atoms with E-state index in [0.717, 1.165) is 25.3 Å². The molecule has 0 saturated carbocycles. The maximum atomic E-state index is 5.74. The van der Waals surface area contributed by atoms with E-state index in [4.69, 9.17) is 4.74 Å². The highest BCUT2D eigenvalue weighted by Gasteiger charge is 2.09. The molecule has 1 rings (SSSR count). The molecular formula is C18H31NO. The molecule has 1 unspecified atom stereocenters. The largest absolute Gasteiger partial charge is 0.494 e. The van der Waals surface area contributed by atoms with Gasteiger partial charge in [-0.05, 0) is 42.4 Å². The molecule has 1 N–H and O–H groups in total. The molecule has 2 heteroatoms. The van der Waals surface area contributed by atoms with Gasteiger partial charge >= 0.3 is 0 Å². The highest BCUT2D eigenvalue weighted by atomic mass is 16.5. The first-order valence-electron chi connectivity index (χ1n) is 7.98. The van der Waals surface area contributed by atoms with E-state index in [9.17, 15) is 0 Å². The lowest BCUT2D eigenvalue weighted by Crippen LogP contribution is -2.32. The standard InChI is InChI=1S/C18H31NO/c1-6-18(15(4)5)19-13-16-7-9-17(10-8-16)20-12-11-14(2)3/h7-10,14-15,18-19H,6,11-13H2,1-5H3. The summed E-state index contributed by atoms with van der Waals surface area (Å²) in [6.45, 7) is 13.0. The van der Waals surface area contributed by atoms with Crippen molar-refractivity contribution < 1.29 is 4.74 Å². The van der Waals surface area contributed by atoms with Crippen molar-refractivity contribution in [1.29, 1.82) is 0 Å². The summed E-state index contributed by atoms with van der Waals surface area (Å²) in [6, 6.07) is 9.06. The molecule has 0 spiro atoms. The Hall–Kier alpha value is -1.02. The Bertz CT molecular complexity index is 356. The number of hydrogen-bond acceptors (Lipinski definition) is 2. The molecule has 0 fully saturated rings. The van der Waals surface area contributed by atoms with Crippen LogP contribution in [0.1, 0.15) is 53.0 Å². The topological polar surface area (TPSA) is 21.3 Å². The van der Waals surface area contributed by atoms with E-state index in [-0.39, 0.29) is 0 Å². The van der Waals surface area contributed by atoms with Crippen molar-refractivity contribution in [2.24, 2.45) is 11.8 Å². The molecule has 1 aromatic carbocycles. The Morgan fingerprint density at radius 3 is 2.20 bits per heavy atom. The highest BCUT2D eigenvalue weighted by molar-refractivity contribution is 5.27. The molecule has 0 aliphatic heterocycles. The second kappa shape index (κ2) is 9.02. The first-order valence-corrected chi connectivity index (χ1v) is 7.98. The zero-order valence-electron chi connectivity index (χ0n) is 13.8. The lowest BCUT2D eigenvalue weighted by atomic mass is 10.0. The molecule has 0 saturated heterocycles. The van der Waals surface area contributed by atoms with E-state index in [0.29, 0.717) is 17.9 Å². The van der Waals surface area contributed by atoms with Crippen molar-refractivity contribution in [2.45, 2.75) is 60.0 Å². The molecule has 1 atom stereocenters. The fraction of sp³-hybridized carbons (Fsp3) is 0.667. The van der Waals surface area contributed by atoms with Gasteiger partial charge in [-0.15, -0.1) is 0 Å². The van der Waals surface area contributed by atoms with Gasteiger partial charge in [0, 0.05) is 12.6 Å². The fourth-order valence-electron chi connectivity index (χ4n) is 2.22. The minimum Gasteiger partial charge on any atom is -0.494 e. The van der Waals surface area contributed by atoms with Crippen molar-refractivity contribution >= 4 is 0 Å². The molecule has 114 valence electrons.